The largest absolute Gasteiger partial charge is 0.462 e. The molecule has 0 bridgehead atoms. The van der Waals surface area contributed by atoms with Crippen molar-refractivity contribution in [2.24, 2.45) is 7.05 Å². The Morgan fingerprint density at radius 3 is 2.87 bits per heavy atom. The van der Waals surface area contributed by atoms with Gasteiger partial charge in [-0.1, -0.05) is 12.1 Å². The summed E-state index contributed by atoms with van der Waals surface area (Å²) in [6.07, 6.45) is 1.55. The first-order valence-corrected chi connectivity index (χ1v) is 9.90. The van der Waals surface area contributed by atoms with Crippen LogP contribution >= 0.6 is 11.3 Å². The number of imidazole rings is 1. The van der Waals surface area contributed by atoms with E-state index in [-0.39, 0.29) is 11.5 Å². The molecule has 0 N–H and O–H groups in total. The van der Waals surface area contributed by atoms with Crippen LogP contribution in [0.2, 0.25) is 0 Å². The predicted octanol–water partition coefficient (Wildman–Crippen LogP) is 5.32. The number of furan rings is 1. The maximum Gasteiger partial charge on any atom is 0.363 e. The molecule has 3 heterocycles. The number of benzene rings is 2. The fraction of sp³-hybridized carbons (Fsp3) is 0.0455. The minimum absolute atomic E-state index is 0.204. The lowest BCUT2D eigenvalue weighted by Crippen LogP contribution is -2.09. The molecule has 0 aliphatic heterocycles. The van der Waals surface area contributed by atoms with E-state index in [9.17, 15) is 9.18 Å². The molecule has 8 heteroatoms. The Hall–Kier alpha value is -3.78. The smallest absolute Gasteiger partial charge is 0.363 e. The zero-order valence-electron chi connectivity index (χ0n) is 15.7. The van der Waals surface area contributed by atoms with Gasteiger partial charge in [-0.15, -0.1) is 11.3 Å². The number of carbonyl (C=O) groups is 1. The van der Waals surface area contributed by atoms with E-state index in [0.29, 0.717) is 27.9 Å². The minimum Gasteiger partial charge on any atom is -0.462 e. The number of nitrogens with zero attached hydrogens (tertiary/aromatic N) is 3. The fourth-order valence-electron chi connectivity index (χ4n) is 3.17. The van der Waals surface area contributed by atoms with Crippen molar-refractivity contribution in [2.45, 2.75) is 0 Å². The van der Waals surface area contributed by atoms with E-state index in [2.05, 4.69) is 9.97 Å². The molecule has 2 aromatic carbocycles. The molecule has 5 aromatic rings. The number of esters is 1. The monoisotopic (exact) mass is 419 g/mol. The zero-order valence-corrected chi connectivity index (χ0v) is 16.5. The highest BCUT2D eigenvalue weighted by Gasteiger charge is 2.17. The third-order valence-corrected chi connectivity index (χ3v) is 5.45. The number of ether oxygens (including phenoxy) is 1. The minimum atomic E-state index is -0.562. The lowest BCUT2D eigenvalue weighted by atomic mass is 10.2. The second-order valence-electron chi connectivity index (χ2n) is 6.56. The van der Waals surface area contributed by atoms with E-state index in [0.717, 1.165) is 11.1 Å². The lowest BCUT2D eigenvalue weighted by molar-refractivity contribution is 0.0729. The van der Waals surface area contributed by atoms with Gasteiger partial charge >= 0.3 is 5.97 Å². The van der Waals surface area contributed by atoms with Crippen LogP contribution in [0.4, 0.5) is 4.39 Å². The van der Waals surface area contributed by atoms with Gasteiger partial charge in [0.25, 0.3) is 0 Å². The van der Waals surface area contributed by atoms with Gasteiger partial charge in [-0.05, 0) is 36.4 Å². The van der Waals surface area contributed by atoms with Gasteiger partial charge in [-0.25, -0.2) is 19.2 Å². The molecular formula is C22H14FN3O3S. The van der Waals surface area contributed by atoms with Crippen molar-refractivity contribution in [2.75, 3.05) is 0 Å². The van der Waals surface area contributed by atoms with Crippen LogP contribution in [-0.2, 0) is 7.05 Å². The van der Waals surface area contributed by atoms with Crippen molar-refractivity contribution in [1.82, 2.24) is 14.5 Å². The van der Waals surface area contributed by atoms with Gasteiger partial charge in [0, 0.05) is 24.1 Å². The van der Waals surface area contributed by atoms with Gasteiger partial charge in [0.2, 0.25) is 0 Å². The predicted molar refractivity (Wildman–Crippen MR) is 111 cm³/mol. The summed E-state index contributed by atoms with van der Waals surface area (Å²) in [4.78, 5) is 21.3. The molecule has 0 fully saturated rings. The highest BCUT2D eigenvalue weighted by molar-refractivity contribution is 7.13. The summed E-state index contributed by atoms with van der Waals surface area (Å²) in [5.74, 6) is 0.699. The average Bonchev–Trinajstić information content (AvgIpc) is 3.48. The fourth-order valence-corrected chi connectivity index (χ4v) is 3.93. The van der Waals surface area contributed by atoms with Gasteiger partial charge in [-0.2, -0.15) is 0 Å². The van der Waals surface area contributed by atoms with Crippen molar-refractivity contribution in [3.8, 4) is 27.9 Å². The number of aromatic nitrogens is 3. The van der Waals surface area contributed by atoms with Crippen LogP contribution in [0.1, 0.15) is 10.5 Å². The molecule has 5 rings (SSSR count). The number of fused-ring (bicyclic) bond motifs is 1. The Morgan fingerprint density at radius 2 is 2.03 bits per heavy atom. The first kappa shape index (κ1) is 18.3. The second-order valence-corrected chi connectivity index (χ2v) is 7.42. The second kappa shape index (κ2) is 7.23. The van der Waals surface area contributed by atoms with Crippen molar-refractivity contribution < 1.29 is 18.3 Å². The number of thiazole rings is 1. The summed E-state index contributed by atoms with van der Waals surface area (Å²) in [5, 5.41) is 2.23. The van der Waals surface area contributed by atoms with Crippen LogP contribution in [0.15, 0.2) is 70.7 Å². The van der Waals surface area contributed by atoms with Gasteiger partial charge in [0.05, 0.1) is 17.3 Å². The summed E-state index contributed by atoms with van der Waals surface area (Å²) in [7, 11) is 1.85. The zero-order chi connectivity index (χ0) is 20.7. The number of hydrogen-bond acceptors (Lipinski definition) is 6. The summed E-state index contributed by atoms with van der Waals surface area (Å²) in [6.45, 7) is 0. The topological polar surface area (TPSA) is 70.2 Å². The number of rotatable bonds is 4. The SMILES string of the molecule is Cn1c(-c2cccc(OC(=O)c3csc(-c4ccco4)n3)c2)nc2cc(F)ccc21. The third kappa shape index (κ3) is 3.27. The van der Waals surface area contributed by atoms with Crippen molar-refractivity contribution in [3.63, 3.8) is 0 Å². The van der Waals surface area contributed by atoms with E-state index in [1.54, 1.807) is 48.0 Å². The van der Waals surface area contributed by atoms with Crippen molar-refractivity contribution >= 4 is 28.3 Å². The maximum atomic E-state index is 13.5. The van der Waals surface area contributed by atoms with Crippen LogP contribution in [0.25, 0.3) is 33.2 Å². The van der Waals surface area contributed by atoms with Gasteiger partial charge in [-0.3, -0.25) is 0 Å². The Labute approximate surface area is 174 Å². The van der Waals surface area contributed by atoms with Gasteiger partial charge < -0.3 is 13.7 Å². The maximum absolute atomic E-state index is 13.5. The average molecular weight is 419 g/mol. The number of hydrogen-bond donors (Lipinski definition) is 0. The summed E-state index contributed by atoms with van der Waals surface area (Å²) in [6, 6.07) is 15.0. The van der Waals surface area contributed by atoms with Gasteiger partial charge in [0.15, 0.2) is 16.5 Å². The molecule has 0 spiro atoms. The van der Waals surface area contributed by atoms with E-state index in [4.69, 9.17) is 9.15 Å². The van der Waals surface area contributed by atoms with Crippen LogP contribution < -0.4 is 4.74 Å². The third-order valence-electron chi connectivity index (χ3n) is 4.59. The molecule has 0 unspecified atom stereocenters. The van der Waals surface area contributed by atoms with Crippen molar-refractivity contribution in [1.29, 1.82) is 0 Å². The molecule has 6 nitrogen and oxygen atoms in total. The number of carbonyl (C=O) groups excluding carboxylic acids is 1. The van der Waals surface area contributed by atoms with E-state index >= 15 is 0 Å². The molecule has 0 aliphatic carbocycles. The highest BCUT2D eigenvalue weighted by atomic mass is 32.1. The molecule has 0 saturated heterocycles. The van der Waals surface area contributed by atoms with Crippen LogP contribution in [0.5, 0.6) is 5.75 Å². The molecule has 148 valence electrons. The molecule has 0 atom stereocenters. The van der Waals surface area contributed by atoms with Crippen LogP contribution in [0.3, 0.4) is 0 Å². The Bertz CT molecular complexity index is 1370. The standard InChI is InChI=1S/C22H14FN3O3S/c1-26-18-8-7-14(23)11-16(18)24-20(26)13-4-2-5-15(10-13)29-22(27)17-12-30-21(25-17)19-6-3-9-28-19/h2-12H,1H3. The van der Waals surface area contributed by atoms with E-state index in [1.165, 1.54) is 23.5 Å². The Morgan fingerprint density at radius 1 is 1.13 bits per heavy atom. The molecule has 0 radical (unpaired) electrons. The molecule has 30 heavy (non-hydrogen) atoms. The summed E-state index contributed by atoms with van der Waals surface area (Å²) in [5.41, 5.74) is 2.31. The van der Waals surface area contributed by atoms with Crippen molar-refractivity contribution in [3.05, 3.63) is 77.8 Å². The summed E-state index contributed by atoms with van der Waals surface area (Å²) >= 11 is 1.30. The molecule has 3 aromatic heterocycles. The van der Waals surface area contributed by atoms with Gasteiger partial charge in [0.1, 0.15) is 17.4 Å². The summed E-state index contributed by atoms with van der Waals surface area (Å²) < 4.78 is 26.2. The number of aryl methyl sites for hydroxylation is 1. The molecular weight excluding hydrogens is 405 g/mol. The quantitative estimate of drug-likeness (QED) is 0.291. The van der Waals surface area contributed by atoms with E-state index < -0.39 is 5.97 Å². The van der Waals surface area contributed by atoms with E-state index in [1.807, 2.05) is 17.7 Å². The molecule has 0 aliphatic rings. The Kier molecular flexibility index (Phi) is 4.40. The number of halogens is 1. The first-order chi connectivity index (χ1) is 14.6. The lowest BCUT2D eigenvalue weighted by Gasteiger charge is -2.06. The first-order valence-electron chi connectivity index (χ1n) is 9.02. The van der Waals surface area contributed by atoms with Crippen LogP contribution in [-0.4, -0.2) is 20.5 Å². The highest BCUT2D eigenvalue weighted by Crippen LogP contribution is 2.28. The van der Waals surface area contributed by atoms with Crippen LogP contribution in [0, 0.1) is 5.82 Å². The molecule has 0 saturated carbocycles. The Balaban J connectivity index is 1.42. The normalized spacial score (nSPS) is 11.1. The molecule has 0 amide bonds.